The number of halogens is 1. The lowest BCUT2D eigenvalue weighted by atomic mass is 9.78. The number of benzene rings is 1. The van der Waals surface area contributed by atoms with E-state index < -0.39 is 34.2 Å². The quantitative estimate of drug-likeness (QED) is 0.843. The molecular formula is C14H21BFNO4S. The van der Waals surface area contributed by atoms with Crippen LogP contribution in [0.1, 0.15) is 33.3 Å². The summed E-state index contributed by atoms with van der Waals surface area (Å²) in [4.78, 5) is 0. The van der Waals surface area contributed by atoms with Crippen LogP contribution >= 0.6 is 0 Å². The molecule has 0 unspecified atom stereocenters. The van der Waals surface area contributed by atoms with Crippen LogP contribution in [0.15, 0.2) is 18.2 Å². The molecule has 0 radical (unpaired) electrons. The molecule has 1 N–H and O–H groups in total. The first-order valence-electron chi connectivity index (χ1n) is 6.99. The number of nitrogens with one attached hydrogen (secondary N) is 1. The minimum absolute atomic E-state index is 0.0170. The van der Waals surface area contributed by atoms with Crippen molar-refractivity contribution in [3.05, 3.63) is 29.6 Å². The zero-order valence-electron chi connectivity index (χ0n) is 13.4. The lowest BCUT2D eigenvalue weighted by Crippen LogP contribution is -2.41. The van der Waals surface area contributed by atoms with Gasteiger partial charge in [-0.3, -0.25) is 0 Å². The Labute approximate surface area is 131 Å². The Balaban J connectivity index is 2.24. The van der Waals surface area contributed by atoms with Crippen molar-refractivity contribution in [2.75, 3.05) is 6.26 Å². The van der Waals surface area contributed by atoms with Gasteiger partial charge in [0, 0.05) is 6.54 Å². The Bertz CT molecular complexity index is 659. The first-order chi connectivity index (χ1) is 9.90. The van der Waals surface area contributed by atoms with Gasteiger partial charge in [-0.15, -0.1) is 0 Å². The van der Waals surface area contributed by atoms with Crippen LogP contribution in [0.5, 0.6) is 0 Å². The van der Waals surface area contributed by atoms with Crippen LogP contribution in [0.25, 0.3) is 0 Å². The largest absolute Gasteiger partial charge is 0.494 e. The molecule has 1 aromatic carbocycles. The molecule has 122 valence electrons. The topological polar surface area (TPSA) is 64.6 Å². The molecule has 0 saturated carbocycles. The van der Waals surface area contributed by atoms with Gasteiger partial charge in [0.25, 0.3) is 0 Å². The lowest BCUT2D eigenvalue weighted by Gasteiger charge is -2.32. The van der Waals surface area contributed by atoms with E-state index >= 15 is 0 Å². The van der Waals surface area contributed by atoms with Crippen LogP contribution in [0.4, 0.5) is 4.39 Å². The van der Waals surface area contributed by atoms with Gasteiger partial charge in [-0.25, -0.2) is 17.5 Å². The fourth-order valence-corrected chi connectivity index (χ4v) is 2.54. The molecule has 22 heavy (non-hydrogen) atoms. The maximum atomic E-state index is 13.8. The average molecular weight is 329 g/mol. The summed E-state index contributed by atoms with van der Waals surface area (Å²) in [6.07, 6.45) is 1.06. The van der Waals surface area contributed by atoms with Gasteiger partial charge in [-0.2, -0.15) is 0 Å². The van der Waals surface area contributed by atoms with Crippen molar-refractivity contribution < 1.29 is 22.1 Å². The minimum atomic E-state index is -3.34. The van der Waals surface area contributed by atoms with Crippen LogP contribution in [0, 0.1) is 5.82 Å². The molecule has 5 nitrogen and oxygen atoms in total. The van der Waals surface area contributed by atoms with Crippen molar-refractivity contribution >= 4 is 22.6 Å². The van der Waals surface area contributed by atoms with Crippen LogP contribution in [0.3, 0.4) is 0 Å². The van der Waals surface area contributed by atoms with Gasteiger partial charge < -0.3 is 9.31 Å². The fraction of sp³-hybridized carbons (Fsp3) is 0.571. The van der Waals surface area contributed by atoms with Gasteiger partial charge >= 0.3 is 7.12 Å². The molecule has 0 atom stereocenters. The summed E-state index contributed by atoms with van der Waals surface area (Å²) >= 11 is 0. The molecule has 0 aliphatic carbocycles. The van der Waals surface area contributed by atoms with Crippen LogP contribution < -0.4 is 10.2 Å². The number of hydrogen-bond acceptors (Lipinski definition) is 4. The van der Waals surface area contributed by atoms with E-state index in [4.69, 9.17) is 9.31 Å². The van der Waals surface area contributed by atoms with E-state index in [-0.39, 0.29) is 6.54 Å². The van der Waals surface area contributed by atoms with E-state index in [1.54, 1.807) is 6.07 Å². The summed E-state index contributed by atoms with van der Waals surface area (Å²) in [6.45, 7) is 7.68. The minimum Gasteiger partial charge on any atom is -0.399 e. The molecule has 1 fully saturated rings. The van der Waals surface area contributed by atoms with Crippen molar-refractivity contribution in [2.45, 2.75) is 45.4 Å². The Morgan fingerprint density at radius 2 is 1.68 bits per heavy atom. The second kappa shape index (κ2) is 5.60. The Morgan fingerprint density at radius 3 is 2.18 bits per heavy atom. The third-order valence-corrected chi connectivity index (χ3v) is 4.71. The highest BCUT2D eigenvalue weighted by Crippen LogP contribution is 2.36. The molecule has 1 saturated heterocycles. The van der Waals surface area contributed by atoms with Crippen molar-refractivity contribution in [3.63, 3.8) is 0 Å². The zero-order chi connectivity index (χ0) is 16.8. The van der Waals surface area contributed by atoms with Gasteiger partial charge in [0.15, 0.2) is 0 Å². The van der Waals surface area contributed by atoms with Crippen molar-refractivity contribution in [1.82, 2.24) is 4.72 Å². The van der Waals surface area contributed by atoms with Gasteiger partial charge in [0.1, 0.15) is 5.82 Å². The van der Waals surface area contributed by atoms with Gasteiger partial charge in [0.05, 0.1) is 17.5 Å². The Hall–Kier alpha value is -0.955. The van der Waals surface area contributed by atoms with E-state index in [9.17, 15) is 12.8 Å². The van der Waals surface area contributed by atoms with E-state index in [0.29, 0.717) is 11.0 Å². The highest BCUT2D eigenvalue weighted by atomic mass is 32.2. The number of sulfonamides is 1. The van der Waals surface area contributed by atoms with Gasteiger partial charge in [-0.1, -0.05) is 6.07 Å². The average Bonchev–Trinajstić information content (AvgIpc) is 2.55. The zero-order valence-corrected chi connectivity index (χ0v) is 14.3. The van der Waals surface area contributed by atoms with Crippen LogP contribution in [-0.2, 0) is 25.9 Å². The molecule has 1 heterocycles. The van der Waals surface area contributed by atoms with Crippen molar-refractivity contribution in [2.24, 2.45) is 0 Å². The second-order valence-electron chi connectivity index (χ2n) is 6.57. The molecule has 1 aliphatic rings. The second-order valence-corrected chi connectivity index (χ2v) is 8.41. The maximum absolute atomic E-state index is 13.8. The number of rotatable bonds is 4. The summed E-state index contributed by atoms with van der Waals surface area (Å²) in [7, 11) is -4.02. The normalized spacial score (nSPS) is 20.4. The Morgan fingerprint density at radius 1 is 1.14 bits per heavy atom. The SMILES string of the molecule is CC1(C)OB(c2cc(F)cc(CNS(C)(=O)=O)c2)OC1(C)C. The Kier molecular flexibility index (Phi) is 4.43. The van der Waals surface area contributed by atoms with Gasteiger partial charge in [-0.05, 0) is 50.9 Å². The maximum Gasteiger partial charge on any atom is 0.494 e. The first-order valence-corrected chi connectivity index (χ1v) is 8.88. The van der Waals surface area contributed by atoms with E-state index in [0.717, 1.165) is 6.26 Å². The predicted molar refractivity (Wildman–Crippen MR) is 83.8 cm³/mol. The highest BCUT2D eigenvalue weighted by molar-refractivity contribution is 7.88. The summed E-state index contributed by atoms with van der Waals surface area (Å²) < 4.78 is 50.2. The summed E-state index contributed by atoms with van der Waals surface area (Å²) in [5.74, 6) is -0.461. The molecule has 0 spiro atoms. The molecule has 1 aromatic rings. The number of hydrogen-bond donors (Lipinski definition) is 1. The standard InChI is InChI=1S/C14H21BFNO4S/c1-13(2)14(3,4)21-15(20-13)11-6-10(7-12(16)8-11)9-17-22(5,18)19/h6-8,17H,9H2,1-5H3. The third-order valence-electron chi connectivity index (χ3n) is 4.04. The fourth-order valence-electron chi connectivity index (χ4n) is 2.11. The molecule has 2 rings (SSSR count). The van der Waals surface area contributed by atoms with E-state index in [1.165, 1.54) is 12.1 Å². The lowest BCUT2D eigenvalue weighted by molar-refractivity contribution is 0.00578. The third kappa shape index (κ3) is 3.87. The first kappa shape index (κ1) is 17.4. The molecule has 0 amide bonds. The molecule has 0 aromatic heterocycles. The van der Waals surface area contributed by atoms with Crippen molar-refractivity contribution in [1.29, 1.82) is 0 Å². The monoisotopic (exact) mass is 329 g/mol. The van der Waals surface area contributed by atoms with Crippen LogP contribution in [0.2, 0.25) is 0 Å². The summed E-state index contributed by atoms with van der Waals surface area (Å²) in [5.41, 5.74) is 0.00343. The molecule has 1 aliphatic heterocycles. The van der Waals surface area contributed by atoms with Gasteiger partial charge in [0.2, 0.25) is 10.0 Å². The molecule has 8 heteroatoms. The van der Waals surface area contributed by atoms with E-state index in [2.05, 4.69) is 4.72 Å². The predicted octanol–water partition coefficient (Wildman–Crippen LogP) is 1.17. The van der Waals surface area contributed by atoms with E-state index in [1.807, 2.05) is 27.7 Å². The summed E-state index contributed by atoms with van der Waals surface area (Å²) in [6, 6.07) is 4.31. The van der Waals surface area contributed by atoms with Crippen molar-refractivity contribution in [3.8, 4) is 0 Å². The van der Waals surface area contributed by atoms with Crippen LogP contribution in [-0.4, -0.2) is 33.0 Å². The smallest absolute Gasteiger partial charge is 0.399 e. The highest BCUT2D eigenvalue weighted by Gasteiger charge is 2.51. The summed E-state index contributed by atoms with van der Waals surface area (Å²) in [5, 5.41) is 0. The molecule has 0 bridgehead atoms. The molecular weight excluding hydrogens is 308 g/mol.